The van der Waals surface area contributed by atoms with Gasteiger partial charge in [-0.3, -0.25) is 4.90 Å². The molecular weight excluding hydrogens is 402 g/mol. The van der Waals surface area contributed by atoms with Crippen LogP contribution in [-0.2, 0) is 9.53 Å². The first kappa shape index (κ1) is 24.5. The molecule has 2 aliphatic rings. The van der Waals surface area contributed by atoms with E-state index in [-0.39, 0.29) is 18.1 Å². The van der Waals surface area contributed by atoms with Gasteiger partial charge < -0.3 is 20.3 Å². The van der Waals surface area contributed by atoms with Crippen LogP contribution in [0.1, 0.15) is 46.6 Å². The first-order chi connectivity index (χ1) is 15.2. The lowest BCUT2D eigenvalue weighted by Crippen LogP contribution is -2.51. The molecule has 7 heteroatoms. The number of piperazine rings is 1. The summed E-state index contributed by atoms with van der Waals surface area (Å²) in [6.45, 7) is 17.3. The minimum atomic E-state index is -0.433. The van der Waals surface area contributed by atoms with Crippen LogP contribution < -0.4 is 10.6 Å². The number of ether oxygens (including phenoxy) is 1. The van der Waals surface area contributed by atoms with Crippen molar-refractivity contribution in [2.75, 3.05) is 51.7 Å². The van der Waals surface area contributed by atoms with E-state index in [0.29, 0.717) is 5.41 Å². The van der Waals surface area contributed by atoms with Gasteiger partial charge in [0, 0.05) is 44.0 Å². The third-order valence-electron chi connectivity index (χ3n) is 6.28. The molecule has 2 aliphatic heterocycles. The molecule has 0 spiro atoms. The maximum atomic E-state index is 12.3. The Morgan fingerprint density at radius 1 is 1.19 bits per heavy atom. The summed E-state index contributed by atoms with van der Waals surface area (Å²) in [7, 11) is 1.43. The van der Waals surface area contributed by atoms with E-state index in [0.717, 1.165) is 49.8 Å². The fourth-order valence-corrected chi connectivity index (χ4v) is 4.16. The summed E-state index contributed by atoms with van der Waals surface area (Å²) in [5, 5.41) is 6.95. The molecular formula is C25H41N5O2. The molecule has 1 unspecified atom stereocenters. The van der Waals surface area contributed by atoms with Crippen LogP contribution in [0.25, 0.3) is 0 Å². The lowest BCUT2D eigenvalue weighted by molar-refractivity contribution is -0.143. The normalized spacial score (nSPS) is 20.8. The Bertz CT molecular complexity index is 794. The number of esters is 1. The Hall–Kier alpha value is -2.12. The quantitative estimate of drug-likeness (QED) is 0.632. The Morgan fingerprint density at radius 3 is 2.47 bits per heavy atom. The lowest BCUT2D eigenvalue weighted by Gasteiger charge is -2.38. The van der Waals surface area contributed by atoms with Gasteiger partial charge in [-0.2, -0.15) is 0 Å². The van der Waals surface area contributed by atoms with E-state index in [9.17, 15) is 4.79 Å². The van der Waals surface area contributed by atoms with Crippen molar-refractivity contribution in [3.63, 3.8) is 0 Å². The molecule has 2 heterocycles. The van der Waals surface area contributed by atoms with Gasteiger partial charge in [0.1, 0.15) is 18.0 Å². The summed E-state index contributed by atoms with van der Waals surface area (Å²) in [5.41, 5.74) is 2.42. The maximum Gasteiger partial charge on any atom is 0.328 e. The number of nitrogens with one attached hydrogen (secondary N) is 2. The van der Waals surface area contributed by atoms with Crippen LogP contribution >= 0.6 is 0 Å². The molecule has 2 atom stereocenters. The van der Waals surface area contributed by atoms with Crippen molar-refractivity contribution in [1.29, 1.82) is 0 Å². The number of amidine groups is 1. The van der Waals surface area contributed by atoms with Crippen LogP contribution in [0.5, 0.6) is 0 Å². The summed E-state index contributed by atoms with van der Waals surface area (Å²) in [4.78, 5) is 22.4. The number of fused-ring (bicyclic) bond motifs is 1. The predicted molar refractivity (Wildman–Crippen MR) is 131 cm³/mol. The molecule has 2 N–H and O–H groups in total. The van der Waals surface area contributed by atoms with Gasteiger partial charge in [-0.1, -0.05) is 46.8 Å². The third kappa shape index (κ3) is 6.69. The first-order valence-corrected chi connectivity index (χ1v) is 11.9. The third-order valence-corrected chi connectivity index (χ3v) is 6.28. The van der Waals surface area contributed by atoms with Crippen LogP contribution in [0.15, 0.2) is 29.3 Å². The van der Waals surface area contributed by atoms with Gasteiger partial charge in [-0.25, -0.2) is 9.79 Å². The number of hydrogen-bond acceptors (Lipinski definition) is 7. The molecule has 1 saturated heterocycles. The second-order valence-corrected chi connectivity index (χ2v) is 10.5. The molecule has 0 amide bonds. The van der Waals surface area contributed by atoms with Crippen molar-refractivity contribution >= 4 is 17.5 Å². The highest BCUT2D eigenvalue weighted by Gasteiger charge is 2.29. The summed E-state index contributed by atoms with van der Waals surface area (Å²) >= 11 is 0. The molecule has 0 aliphatic carbocycles. The van der Waals surface area contributed by atoms with E-state index in [1.165, 1.54) is 20.1 Å². The zero-order valence-corrected chi connectivity index (χ0v) is 20.6. The van der Waals surface area contributed by atoms with Crippen LogP contribution in [0.2, 0.25) is 0 Å². The van der Waals surface area contributed by atoms with Crippen molar-refractivity contribution in [2.45, 2.75) is 53.2 Å². The highest BCUT2D eigenvalue weighted by atomic mass is 16.5. The molecule has 0 aromatic heterocycles. The van der Waals surface area contributed by atoms with Crippen molar-refractivity contribution in [3.8, 4) is 0 Å². The standard InChI is InChI=1S/C25H41N5O2/c1-18(2)22(24(31)32-6)28-23-19-9-7-8-10-20(19)26-21(27-23)17-30-15-13-29(14-16-30)12-11-25(3,4)5/h7-10,18,21-22,26H,11-17H2,1-6H3,(H,27,28)/t21?,22-/m0/s1. The number of anilines is 1. The SMILES string of the molecule is COC(=O)[C@@H](NC1=NC(CN2CCN(CCC(C)(C)C)CC2)Nc2ccccc21)C(C)C. The smallest absolute Gasteiger partial charge is 0.328 e. The van der Waals surface area contributed by atoms with Gasteiger partial charge in [-0.15, -0.1) is 0 Å². The van der Waals surface area contributed by atoms with E-state index in [1.54, 1.807) is 0 Å². The minimum absolute atomic E-state index is 0.0565. The summed E-state index contributed by atoms with van der Waals surface area (Å²) in [6.07, 6.45) is 1.17. The lowest BCUT2D eigenvalue weighted by atomic mass is 9.92. The van der Waals surface area contributed by atoms with Crippen molar-refractivity contribution < 1.29 is 9.53 Å². The Labute approximate surface area is 193 Å². The van der Waals surface area contributed by atoms with Crippen molar-refractivity contribution in [2.24, 2.45) is 16.3 Å². The topological polar surface area (TPSA) is 69.2 Å². The summed E-state index contributed by atoms with van der Waals surface area (Å²) < 4.78 is 5.02. The monoisotopic (exact) mass is 443 g/mol. The number of benzene rings is 1. The van der Waals surface area contributed by atoms with Crippen LogP contribution in [0, 0.1) is 11.3 Å². The Morgan fingerprint density at radius 2 is 1.84 bits per heavy atom. The molecule has 7 nitrogen and oxygen atoms in total. The average Bonchev–Trinajstić information content (AvgIpc) is 2.75. The molecule has 178 valence electrons. The number of carbonyl (C=O) groups is 1. The average molecular weight is 444 g/mol. The fourth-order valence-electron chi connectivity index (χ4n) is 4.16. The fraction of sp³-hybridized carbons (Fsp3) is 0.680. The maximum absolute atomic E-state index is 12.3. The van der Waals surface area contributed by atoms with E-state index >= 15 is 0 Å². The van der Waals surface area contributed by atoms with Crippen molar-refractivity contribution in [1.82, 2.24) is 15.1 Å². The highest BCUT2D eigenvalue weighted by molar-refractivity contribution is 6.06. The predicted octanol–water partition coefficient (Wildman–Crippen LogP) is 3.03. The van der Waals surface area contributed by atoms with Gasteiger partial charge in [0.25, 0.3) is 0 Å². The first-order valence-electron chi connectivity index (χ1n) is 11.9. The zero-order chi connectivity index (χ0) is 23.3. The minimum Gasteiger partial charge on any atom is -0.467 e. The summed E-state index contributed by atoms with van der Waals surface area (Å²) in [5.74, 6) is 0.589. The van der Waals surface area contributed by atoms with Gasteiger partial charge in [0.05, 0.1) is 7.11 Å². The Balaban J connectivity index is 1.65. The molecule has 0 bridgehead atoms. The molecule has 0 saturated carbocycles. The van der Waals surface area contributed by atoms with E-state index in [2.05, 4.69) is 47.3 Å². The van der Waals surface area contributed by atoms with Crippen LogP contribution in [-0.4, -0.2) is 80.2 Å². The number of aliphatic imine (C=N–C) groups is 1. The second kappa shape index (κ2) is 10.7. The van der Waals surface area contributed by atoms with E-state index < -0.39 is 6.04 Å². The molecule has 32 heavy (non-hydrogen) atoms. The van der Waals surface area contributed by atoms with Gasteiger partial charge in [0.2, 0.25) is 0 Å². The molecule has 1 aromatic carbocycles. The van der Waals surface area contributed by atoms with Gasteiger partial charge >= 0.3 is 5.97 Å². The zero-order valence-electron chi connectivity index (χ0n) is 20.6. The number of carbonyl (C=O) groups excluding carboxylic acids is 1. The van der Waals surface area contributed by atoms with E-state index in [1.807, 2.05) is 32.0 Å². The second-order valence-electron chi connectivity index (χ2n) is 10.5. The number of methoxy groups -OCH3 is 1. The Kier molecular flexibility index (Phi) is 8.17. The van der Waals surface area contributed by atoms with Gasteiger partial charge in [0.15, 0.2) is 0 Å². The van der Waals surface area contributed by atoms with E-state index in [4.69, 9.17) is 9.73 Å². The van der Waals surface area contributed by atoms with Crippen molar-refractivity contribution in [3.05, 3.63) is 29.8 Å². The number of para-hydroxylation sites is 1. The largest absolute Gasteiger partial charge is 0.467 e. The highest BCUT2D eigenvalue weighted by Crippen LogP contribution is 2.23. The molecule has 0 radical (unpaired) electrons. The number of rotatable bonds is 7. The van der Waals surface area contributed by atoms with Gasteiger partial charge in [-0.05, 0) is 36.4 Å². The molecule has 3 rings (SSSR count). The summed E-state index contributed by atoms with van der Waals surface area (Å²) in [6, 6.07) is 7.70. The van der Waals surface area contributed by atoms with Crippen LogP contribution in [0.3, 0.4) is 0 Å². The molecule has 1 fully saturated rings. The number of hydrogen-bond donors (Lipinski definition) is 2. The molecule has 1 aromatic rings. The van der Waals surface area contributed by atoms with Crippen LogP contribution in [0.4, 0.5) is 5.69 Å². The number of nitrogens with zero attached hydrogens (tertiary/aromatic N) is 3.